The molecule has 0 saturated heterocycles. The molecular formula is C13H18O3S. The first kappa shape index (κ1) is 14.2. The Balaban J connectivity index is 2.31. The highest BCUT2D eigenvalue weighted by Crippen LogP contribution is 2.19. The van der Waals surface area contributed by atoms with Gasteiger partial charge in [-0.05, 0) is 26.0 Å². The molecule has 0 heterocycles. The van der Waals surface area contributed by atoms with Gasteiger partial charge in [0.2, 0.25) is 0 Å². The molecule has 1 atom stereocenters. The summed E-state index contributed by atoms with van der Waals surface area (Å²) in [5.74, 6) is 0.590. The number of rotatable bonds is 7. The van der Waals surface area contributed by atoms with Crippen LogP contribution in [0.5, 0.6) is 0 Å². The van der Waals surface area contributed by atoms with E-state index >= 15 is 0 Å². The first-order valence-electron chi connectivity index (χ1n) is 5.59. The van der Waals surface area contributed by atoms with Crippen LogP contribution in [0.3, 0.4) is 0 Å². The van der Waals surface area contributed by atoms with Gasteiger partial charge in [0, 0.05) is 16.2 Å². The molecule has 1 aromatic rings. The molecule has 0 aliphatic rings. The number of aliphatic hydroxyl groups excluding tert-OH is 1. The van der Waals surface area contributed by atoms with Gasteiger partial charge >= 0.3 is 0 Å². The van der Waals surface area contributed by atoms with Gasteiger partial charge in [0.1, 0.15) is 6.29 Å². The maximum absolute atomic E-state index is 10.5. The molecule has 0 aliphatic carbocycles. The zero-order valence-corrected chi connectivity index (χ0v) is 10.9. The van der Waals surface area contributed by atoms with E-state index in [2.05, 4.69) is 0 Å². The van der Waals surface area contributed by atoms with Gasteiger partial charge < -0.3 is 9.84 Å². The van der Waals surface area contributed by atoms with Crippen molar-refractivity contribution in [1.82, 2.24) is 0 Å². The molecule has 0 saturated carbocycles. The van der Waals surface area contributed by atoms with Crippen molar-refractivity contribution >= 4 is 18.0 Å². The summed E-state index contributed by atoms with van der Waals surface area (Å²) in [4.78, 5) is 11.5. The number of aliphatic hydroxyl groups is 1. The Kier molecular flexibility index (Phi) is 6.26. The monoisotopic (exact) mass is 254 g/mol. The van der Waals surface area contributed by atoms with Crippen molar-refractivity contribution < 1.29 is 14.6 Å². The third kappa shape index (κ3) is 5.86. The van der Waals surface area contributed by atoms with Crippen LogP contribution in [0.2, 0.25) is 0 Å². The summed E-state index contributed by atoms with van der Waals surface area (Å²) in [6.45, 7) is 4.24. The zero-order valence-electron chi connectivity index (χ0n) is 10.1. The van der Waals surface area contributed by atoms with Crippen LogP contribution in [0.25, 0.3) is 0 Å². The predicted octanol–water partition coefficient (Wildman–Crippen LogP) is 2.38. The quantitative estimate of drug-likeness (QED) is 0.599. The summed E-state index contributed by atoms with van der Waals surface area (Å²) in [6.07, 6.45) is 0.495. The lowest BCUT2D eigenvalue weighted by Crippen LogP contribution is -2.20. The van der Waals surface area contributed by atoms with Crippen LogP contribution >= 0.6 is 11.8 Å². The SMILES string of the molecule is CC(C)OCC(O)CSc1ccc(C=O)cc1. The van der Waals surface area contributed by atoms with E-state index in [0.717, 1.165) is 11.2 Å². The van der Waals surface area contributed by atoms with E-state index in [-0.39, 0.29) is 6.10 Å². The number of hydrogen-bond donors (Lipinski definition) is 1. The maximum atomic E-state index is 10.5. The van der Waals surface area contributed by atoms with E-state index in [0.29, 0.717) is 17.9 Å². The van der Waals surface area contributed by atoms with Crippen LogP contribution in [-0.4, -0.2) is 36.0 Å². The van der Waals surface area contributed by atoms with Crippen LogP contribution in [0, 0.1) is 0 Å². The molecule has 1 aromatic carbocycles. The van der Waals surface area contributed by atoms with Crippen LogP contribution in [0.15, 0.2) is 29.2 Å². The second-order valence-electron chi connectivity index (χ2n) is 4.03. The third-order valence-electron chi connectivity index (χ3n) is 2.08. The van der Waals surface area contributed by atoms with E-state index in [9.17, 15) is 9.90 Å². The Labute approximate surface area is 106 Å². The summed E-state index contributed by atoms with van der Waals surface area (Å²) in [5.41, 5.74) is 0.665. The van der Waals surface area contributed by atoms with Gasteiger partial charge in [0.25, 0.3) is 0 Å². The topological polar surface area (TPSA) is 46.5 Å². The molecule has 0 aliphatic heterocycles. The first-order chi connectivity index (χ1) is 8.11. The van der Waals surface area contributed by atoms with Crippen molar-refractivity contribution in [2.45, 2.75) is 31.0 Å². The average molecular weight is 254 g/mol. The van der Waals surface area contributed by atoms with Crippen LogP contribution in [0.1, 0.15) is 24.2 Å². The fourth-order valence-corrected chi connectivity index (χ4v) is 2.00. The highest BCUT2D eigenvalue weighted by atomic mass is 32.2. The molecule has 94 valence electrons. The number of ether oxygens (including phenoxy) is 1. The molecule has 0 radical (unpaired) electrons. The Morgan fingerprint density at radius 1 is 1.35 bits per heavy atom. The lowest BCUT2D eigenvalue weighted by Gasteiger charge is -2.13. The molecular weight excluding hydrogens is 236 g/mol. The molecule has 0 spiro atoms. The number of aldehydes is 1. The maximum Gasteiger partial charge on any atom is 0.150 e. The van der Waals surface area contributed by atoms with Gasteiger partial charge in [0.05, 0.1) is 18.8 Å². The second-order valence-corrected chi connectivity index (χ2v) is 5.13. The van der Waals surface area contributed by atoms with Crippen molar-refractivity contribution in [2.24, 2.45) is 0 Å². The van der Waals surface area contributed by atoms with Crippen LogP contribution in [0.4, 0.5) is 0 Å². The largest absolute Gasteiger partial charge is 0.390 e. The predicted molar refractivity (Wildman–Crippen MR) is 69.6 cm³/mol. The molecule has 0 aromatic heterocycles. The number of thioether (sulfide) groups is 1. The Hall–Kier alpha value is -0.840. The summed E-state index contributed by atoms with van der Waals surface area (Å²) < 4.78 is 5.32. The normalized spacial score (nSPS) is 12.7. The minimum atomic E-state index is -0.465. The minimum absolute atomic E-state index is 0.140. The Morgan fingerprint density at radius 2 is 2.00 bits per heavy atom. The van der Waals surface area contributed by atoms with E-state index in [1.165, 1.54) is 0 Å². The molecule has 0 bridgehead atoms. The van der Waals surface area contributed by atoms with Gasteiger partial charge in [-0.15, -0.1) is 11.8 Å². The molecule has 17 heavy (non-hydrogen) atoms. The third-order valence-corrected chi connectivity index (χ3v) is 3.24. The molecule has 1 N–H and O–H groups in total. The number of hydrogen-bond acceptors (Lipinski definition) is 4. The minimum Gasteiger partial charge on any atom is -0.390 e. The lowest BCUT2D eigenvalue weighted by molar-refractivity contribution is 0.0152. The first-order valence-corrected chi connectivity index (χ1v) is 6.58. The molecule has 0 amide bonds. The number of carbonyl (C=O) groups is 1. The summed E-state index contributed by atoms with van der Waals surface area (Å²) >= 11 is 1.55. The van der Waals surface area contributed by atoms with E-state index in [1.807, 2.05) is 26.0 Å². The van der Waals surface area contributed by atoms with Crippen molar-refractivity contribution in [3.8, 4) is 0 Å². The highest BCUT2D eigenvalue weighted by molar-refractivity contribution is 7.99. The Morgan fingerprint density at radius 3 is 2.53 bits per heavy atom. The fourth-order valence-electron chi connectivity index (χ4n) is 1.19. The zero-order chi connectivity index (χ0) is 12.7. The Bertz CT molecular complexity index is 335. The van der Waals surface area contributed by atoms with Crippen molar-refractivity contribution in [3.05, 3.63) is 29.8 Å². The highest BCUT2D eigenvalue weighted by Gasteiger charge is 2.06. The summed E-state index contributed by atoms with van der Waals surface area (Å²) in [7, 11) is 0. The van der Waals surface area contributed by atoms with Crippen molar-refractivity contribution in [1.29, 1.82) is 0 Å². The van der Waals surface area contributed by atoms with Gasteiger partial charge in [-0.2, -0.15) is 0 Å². The molecule has 1 rings (SSSR count). The molecule has 1 unspecified atom stereocenters. The van der Waals surface area contributed by atoms with Crippen molar-refractivity contribution in [2.75, 3.05) is 12.4 Å². The van der Waals surface area contributed by atoms with Gasteiger partial charge in [0.15, 0.2) is 0 Å². The smallest absolute Gasteiger partial charge is 0.150 e. The summed E-state index contributed by atoms with van der Waals surface area (Å²) in [6, 6.07) is 7.30. The van der Waals surface area contributed by atoms with E-state index in [4.69, 9.17) is 4.74 Å². The number of benzene rings is 1. The standard InChI is InChI=1S/C13H18O3S/c1-10(2)16-8-12(15)9-17-13-5-3-11(7-14)4-6-13/h3-7,10,12,15H,8-9H2,1-2H3. The van der Waals surface area contributed by atoms with Gasteiger partial charge in [-0.25, -0.2) is 0 Å². The number of carbonyl (C=O) groups excluding carboxylic acids is 1. The summed E-state index contributed by atoms with van der Waals surface area (Å²) in [5, 5.41) is 9.66. The molecule has 0 fully saturated rings. The van der Waals surface area contributed by atoms with E-state index in [1.54, 1.807) is 23.9 Å². The van der Waals surface area contributed by atoms with Crippen LogP contribution < -0.4 is 0 Å². The molecule has 3 nitrogen and oxygen atoms in total. The van der Waals surface area contributed by atoms with Gasteiger partial charge in [-0.3, -0.25) is 4.79 Å². The fraction of sp³-hybridized carbons (Fsp3) is 0.462. The van der Waals surface area contributed by atoms with E-state index < -0.39 is 6.10 Å². The van der Waals surface area contributed by atoms with Gasteiger partial charge in [-0.1, -0.05) is 12.1 Å². The molecule has 4 heteroatoms. The second kappa shape index (κ2) is 7.48. The average Bonchev–Trinajstić information content (AvgIpc) is 2.34. The lowest BCUT2D eigenvalue weighted by atomic mass is 10.2. The van der Waals surface area contributed by atoms with Crippen LogP contribution in [-0.2, 0) is 4.74 Å². The van der Waals surface area contributed by atoms with Crippen molar-refractivity contribution in [3.63, 3.8) is 0 Å².